The van der Waals surface area contributed by atoms with E-state index in [2.05, 4.69) is 5.16 Å². The Morgan fingerprint density at radius 1 is 1.40 bits per heavy atom. The topological polar surface area (TPSA) is 52.0 Å². The van der Waals surface area contributed by atoms with E-state index in [9.17, 15) is 0 Å². The first-order chi connectivity index (χ1) is 7.31. The van der Waals surface area contributed by atoms with E-state index in [1.54, 1.807) is 6.20 Å². The van der Waals surface area contributed by atoms with Crippen LogP contribution in [0.1, 0.15) is 5.56 Å². The van der Waals surface area contributed by atoms with Crippen LogP contribution in [0.5, 0.6) is 0 Å². The highest BCUT2D eigenvalue weighted by Crippen LogP contribution is 2.25. The molecular formula is C11H11ClN2O. The molecule has 1 aromatic carbocycles. The fourth-order valence-electron chi connectivity index (χ4n) is 1.46. The smallest absolute Gasteiger partial charge is 0.170 e. The number of benzene rings is 1. The van der Waals surface area contributed by atoms with E-state index in [1.165, 1.54) is 0 Å². The lowest BCUT2D eigenvalue weighted by Gasteiger charge is -1.99. The van der Waals surface area contributed by atoms with E-state index in [0.717, 1.165) is 23.3 Å². The first-order valence-corrected chi connectivity index (χ1v) is 5.08. The lowest BCUT2D eigenvalue weighted by Crippen LogP contribution is -2.02. The Morgan fingerprint density at radius 2 is 2.27 bits per heavy atom. The quantitative estimate of drug-likeness (QED) is 0.868. The van der Waals surface area contributed by atoms with Gasteiger partial charge in [0.1, 0.15) is 0 Å². The molecule has 15 heavy (non-hydrogen) atoms. The number of nitrogens with two attached hydrogens (primary N) is 1. The van der Waals surface area contributed by atoms with Gasteiger partial charge in [-0.1, -0.05) is 28.9 Å². The molecule has 0 saturated heterocycles. The molecule has 1 aromatic heterocycles. The van der Waals surface area contributed by atoms with Crippen molar-refractivity contribution in [3.05, 3.63) is 41.0 Å². The third-order valence-electron chi connectivity index (χ3n) is 2.14. The number of hydrogen-bond acceptors (Lipinski definition) is 3. The summed E-state index contributed by atoms with van der Waals surface area (Å²) >= 11 is 5.90. The van der Waals surface area contributed by atoms with Crippen molar-refractivity contribution >= 4 is 11.6 Å². The van der Waals surface area contributed by atoms with Crippen LogP contribution in [0.4, 0.5) is 0 Å². The summed E-state index contributed by atoms with van der Waals surface area (Å²) < 4.78 is 5.19. The van der Waals surface area contributed by atoms with E-state index < -0.39 is 0 Å². The van der Waals surface area contributed by atoms with Crippen molar-refractivity contribution in [1.82, 2.24) is 5.16 Å². The van der Waals surface area contributed by atoms with E-state index in [0.29, 0.717) is 11.6 Å². The van der Waals surface area contributed by atoms with Crippen LogP contribution in [0.2, 0.25) is 5.02 Å². The molecule has 0 aliphatic carbocycles. The molecule has 2 aromatic rings. The highest BCUT2D eigenvalue weighted by atomic mass is 35.5. The maximum atomic E-state index is 5.90. The van der Waals surface area contributed by atoms with E-state index in [1.807, 2.05) is 24.3 Å². The molecule has 0 atom stereocenters. The van der Waals surface area contributed by atoms with Crippen LogP contribution in [-0.2, 0) is 6.42 Å². The highest BCUT2D eigenvalue weighted by Gasteiger charge is 2.09. The molecule has 0 amide bonds. The van der Waals surface area contributed by atoms with E-state index >= 15 is 0 Å². The minimum atomic E-state index is 0.578. The number of hydrogen-bond donors (Lipinski definition) is 1. The van der Waals surface area contributed by atoms with Gasteiger partial charge < -0.3 is 10.3 Å². The summed E-state index contributed by atoms with van der Waals surface area (Å²) in [5, 5.41) is 4.46. The molecule has 0 radical (unpaired) electrons. The molecule has 0 bridgehead atoms. The summed E-state index contributed by atoms with van der Waals surface area (Å²) in [5.74, 6) is 0.753. The second-order valence-electron chi connectivity index (χ2n) is 3.23. The van der Waals surface area contributed by atoms with Crippen molar-refractivity contribution in [1.29, 1.82) is 0 Å². The van der Waals surface area contributed by atoms with Gasteiger partial charge in [0.25, 0.3) is 0 Å². The highest BCUT2D eigenvalue weighted by molar-refractivity contribution is 6.30. The fraction of sp³-hybridized carbons (Fsp3) is 0.182. The van der Waals surface area contributed by atoms with Gasteiger partial charge in [-0.2, -0.15) is 0 Å². The Bertz CT molecular complexity index is 453. The molecule has 78 valence electrons. The van der Waals surface area contributed by atoms with Crippen LogP contribution in [0.15, 0.2) is 35.0 Å². The zero-order valence-corrected chi connectivity index (χ0v) is 8.87. The monoisotopic (exact) mass is 222 g/mol. The molecule has 2 N–H and O–H groups in total. The van der Waals surface area contributed by atoms with Gasteiger partial charge in [-0.25, -0.2) is 0 Å². The molecule has 0 fully saturated rings. The molecule has 1 heterocycles. The maximum absolute atomic E-state index is 5.90. The lowest BCUT2D eigenvalue weighted by molar-refractivity contribution is 0.431. The van der Waals surface area contributed by atoms with Crippen molar-refractivity contribution in [3.8, 4) is 11.3 Å². The second-order valence-corrected chi connectivity index (χ2v) is 3.67. The molecule has 0 aliphatic rings. The van der Waals surface area contributed by atoms with Gasteiger partial charge in [-0.15, -0.1) is 0 Å². The minimum Gasteiger partial charge on any atom is -0.356 e. The predicted molar refractivity (Wildman–Crippen MR) is 59.7 cm³/mol. The molecule has 4 heteroatoms. The van der Waals surface area contributed by atoms with Crippen LogP contribution in [0.25, 0.3) is 11.3 Å². The van der Waals surface area contributed by atoms with Gasteiger partial charge in [-0.05, 0) is 25.1 Å². The molecule has 3 nitrogen and oxygen atoms in total. The minimum absolute atomic E-state index is 0.578. The van der Waals surface area contributed by atoms with Gasteiger partial charge in [-0.3, -0.25) is 0 Å². The molecule has 2 rings (SSSR count). The molecule has 0 saturated carbocycles. The Balaban J connectivity index is 2.40. The third-order valence-corrected chi connectivity index (χ3v) is 2.38. The SMILES string of the molecule is NCCc1cnoc1-c1cccc(Cl)c1. The van der Waals surface area contributed by atoms with Crippen LogP contribution < -0.4 is 5.73 Å². The Kier molecular flexibility index (Phi) is 3.04. The van der Waals surface area contributed by atoms with Gasteiger partial charge >= 0.3 is 0 Å². The van der Waals surface area contributed by atoms with Crippen LogP contribution in [0.3, 0.4) is 0 Å². The van der Waals surface area contributed by atoms with Gasteiger partial charge in [0.2, 0.25) is 0 Å². The molecule has 0 unspecified atom stereocenters. The van der Waals surface area contributed by atoms with Crippen molar-refractivity contribution in [2.24, 2.45) is 5.73 Å². The summed E-state index contributed by atoms with van der Waals surface area (Å²) in [4.78, 5) is 0. The van der Waals surface area contributed by atoms with Crippen LogP contribution in [0, 0.1) is 0 Å². The average Bonchev–Trinajstić information content (AvgIpc) is 2.66. The Hall–Kier alpha value is -1.32. The number of nitrogens with zero attached hydrogens (tertiary/aromatic N) is 1. The zero-order valence-electron chi connectivity index (χ0n) is 8.11. The van der Waals surface area contributed by atoms with Gasteiger partial charge in [0.15, 0.2) is 5.76 Å². The first kappa shape index (κ1) is 10.2. The Morgan fingerprint density at radius 3 is 3.00 bits per heavy atom. The zero-order chi connectivity index (χ0) is 10.7. The summed E-state index contributed by atoms with van der Waals surface area (Å²) in [5.41, 5.74) is 7.45. The Labute approximate surface area is 92.8 Å². The van der Waals surface area contributed by atoms with Crippen LogP contribution in [-0.4, -0.2) is 11.7 Å². The normalized spacial score (nSPS) is 10.5. The van der Waals surface area contributed by atoms with Gasteiger partial charge in [0.05, 0.1) is 6.20 Å². The predicted octanol–water partition coefficient (Wildman–Crippen LogP) is 2.50. The van der Waals surface area contributed by atoms with E-state index in [4.69, 9.17) is 21.9 Å². The van der Waals surface area contributed by atoms with Gasteiger partial charge in [0, 0.05) is 16.1 Å². The molecule has 0 aliphatic heterocycles. The standard InChI is InChI=1S/C11H11ClN2O/c12-10-3-1-2-8(6-10)11-9(4-5-13)7-14-15-11/h1-3,6-7H,4-5,13H2. The molecule has 0 spiro atoms. The lowest BCUT2D eigenvalue weighted by atomic mass is 10.1. The van der Waals surface area contributed by atoms with Crippen molar-refractivity contribution in [3.63, 3.8) is 0 Å². The fourth-order valence-corrected chi connectivity index (χ4v) is 1.65. The summed E-state index contributed by atoms with van der Waals surface area (Å²) in [6.07, 6.45) is 2.45. The van der Waals surface area contributed by atoms with Crippen molar-refractivity contribution in [2.45, 2.75) is 6.42 Å². The number of aromatic nitrogens is 1. The first-order valence-electron chi connectivity index (χ1n) is 4.71. The molecular weight excluding hydrogens is 212 g/mol. The summed E-state index contributed by atoms with van der Waals surface area (Å²) in [6, 6.07) is 7.49. The number of halogens is 1. The van der Waals surface area contributed by atoms with Crippen molar-refractivity contribution < 1.29 is 4.52 Å². The number of rotatable bonds is 3. The summed E-state index contributed by atoms with van der Waals surface area (Å²) in [7, 11) is 0. The summed E-state index contributed by atoms with van der Waals surface area (Å²) in [6.45, 7) is 0.578. The third kappa shape index (κ3) is 2.19. The van der Waals surface area contributed by atoms with Crippen molar-refractivity contribution in [2.75, 3.05) is 6.54 Å². The van der Waals surface area contributed by atoms with Crippen LogP contribution >= 0.6 is 11.6 Å². The van der Waals surface area contributed by atoms with E-state index in [-0.39, 0.29) is 0 Å². The maximum Gasteiger partial charge on any atom is 0.170 e. The average molecular weight is 223 g/mol. The second kappa shape index (κ2) is 4.47. The largest absolute Gasteiger partial charge is 0.356 e.